The lowest BCUT2D eigenvalue weighted by Crippen LogP contribution is -1.92. The Morgan fingerprint density at radius 2 is 0.861 bits per heavy atom. The van der Waals surface area contributed by atoms with E-state index >= 15 is 0 Å². The molecule has 5 aromatic rings. The Morgan fingerprint density at radius 1 is 0.472 bits per heavy atom. The van der Waals surface area contributed by atoms with Gasteiger partial charge in [0.15, 0.2) is 0 Å². The van der Waals surface area contributed by atoms with Gasteiger partial charge in [0.2, 0.25) is 0 Å². The fourth-order valence-electron chi connectivity index (χ4n) is 5.26. The molecule has 0 aliphatic carbocycles. The van der Waals surface area contributed by atoms with E-state index in [1.54, 1.807) is 12.1 Å². The number of phenolic OH excluding ortho intramolecular Hbond substituents is 2. The molecule has 0 saturated carbocycles. The van der Waals surface area contributed by atoms with E-state index in [4.69, 9.17) is 0 Å². The number of fused-ring (bicyclic) bond motifs is 2. The number of aryl methyl sites for hydroxylation is 2. The first-order valence-corrected chi connectivity index (χ1v) is 13.2. The maximum atomic E-state index is 10.5. The van der Waals surface area contributed by atoms with Crippen molar-refractivity contribution in [3.05, 3.63) is 96.1 Å². The summed E-state index contributed by atoms with van der Waals surface area (Å²) in [5.41, 5.74) is 7.08. The van der Waals surface area contributed by atoms with Gasteiger partial charge in [0.05, 0.1) is 0 Å². The first-order valence-electron chi connectivity index (χ1n) is 13.2. The van der Waals surface area contributed by atoms with Crippen LogP contribution >= 0.6 is 0 Å². The number of benzene rings is 5. The van der Waals surface area contributed by atoms with E-state index in [0.29, 0.717) is 0 Å². The molecule has 0 radical (unpaired) electrons. The van der Waals surface area contributed by atoms with Crippen LogP contribution in [0.2, 0.25) is 0 Å². The highest BCUT2D eigenvalue weighted by molar-refractivity contribution is 6.21. The lowest BCUT2D eigenvalue weighted by molar-refractivity contribution is 0.475. The minimum atomic E-state index is 0.252. The zero-order chi connectivity index (χ0) is 25.1. The van der Waals surface area contributed by atoms with Gasteiger partial charge in [-0.15, -0.1) is 0 Å². The van der Waals surface area contributed by atoms with Crippen LogP contribution in [-0.2, 0) is 12.8 Å². The fourth-order valence-corrected chi connectivity index (χ4v) is 5.26. The molecule has 36 heavy (non-hydrogen) atoms. The molecule has 5 aromatic carbocycles. The van der Waals surface area contributed by atoms with E-state index in [1.165, 1.54) is 36.8 Å². The normalized spacial score (nSPS) is 11.4. The SMILES string of the molecule is CCCCc1ccc(-c2c3ccc(O)cc3c(-c3ccc(CCCC)cc3)c3ccc(O)cc23)cc1. The molecular weight excluding hydrogens is 440 g/mol. The van der Waals surface area contributed by atoms with Crippen molar-refractivity contribution in [1.29, 1.82) is 0 Å². The van der Waals surface area contributed by atoms with Crippen molar-refractivity contribution in [3.8, 4) is 33.8 Å². The summed E-state index contributed by atoms with van der Waals surface area (Å²) in [6, 6.07) is 28.9. The van der Waals surface area contributed by atoms with Crippen molar-refractivity contribution in [1.82, 2.24) is 0 Å². The molecule has 0 bridgehead atoms. The maximum absolute atomic E-state index is 10.5. The maximum Gasteiger partial charge on any atom is 0.116 e. The molecule has 5 rings (SSSR count). The lowest BCUT2D eigenvalue weighted by Gasteiger charge is -2.18. The summed E-state index contributed by atoms with van der Waals surface area (Å²) in [5.74, 6) is 0.504. The summed E-state index contributed by atoms with van der Waals surface area (Å²) < 4.78 is 0. The van der Waals surface area contributed by atoms with Gasteiger partial charge in [0, 0.05) is 0 Å². The summed E-state index contributed by atoms with van der Waals surface area (Å²) in [4.78, 5) is 0. The second-order valence-electron chi connectivity index (χ2n) is 9.81. The molecule has 0 fully saturated rings. The molecule has 0 amide bonds. The summed E-state index contributed by atoms with van der Waals surface area (Å²) in [7, 11) is 0. The Labute approximate surface area is 213 Å². The smallest absolute Gasteiger partial charge is 0.116 e. The standard InChI is InChI=1S/C34H34O2/c1-3-5-7-23-9-13-25(14-10-23)33-29-19-17-28(36)22-32(29)34(30-20-18-27(35)21-31(30)33)26-15-11-24(12-16-26)8-6-4-2/h9-22,35-36H,3-8H2,1-2H3. The first kappa shape index (κ1) is 23.9. The van der Waals surface area contributed by atoms with Crippen LogP contribution < -0.4 is 0 Å². The summed E-state index contributed by atoms with van der Waals surface area (Å²) in [6.45, 7) is 4.43. The Morgan fingerprint density at radius 3 is 1.22 bits per heavy atom. The van der Waals surface area contributed by atoms with E-state index in [9.17, 15) is 10.2 Å². The Hall–Kier alpha value is -3.78. The lowest BCUT2D eigenvalue weighted by atomic mass is 9.85. The molecule has 0 atom stereocenters. The fraction of sp³-hybridized carbons (Fsp3) is 0.235. The van der Waals surface area contributed by atoms with Crippen LogP contribution in [0, 0.1) is 0 Å². The molecule has 0 aliphatic rings. The average Bonchev–Trinajstić information content (AvgIpc) is 2.90. The second-order valence-corrected chi connectivity index (χ2v) is 9.81. The Balaban J connectivity index is 1.76. The van der Waals surface area contributed by atoms with E-state index < -0.39 is 0 Å². The number of rotatable bonds is 8. The van der Waals surface area contributed by atoms with E-state index in [2.05, 4.69) is 62.4 Å². The van der Waals surface area contributed by atoms with Crippen LogP contribution in [0.4, 0.5) is 0 Å². The van der Waals surface area contributed by atoms with Gasteiger partial charge in [-0.25, -0.2) is 0 Å². The number of hydrogen-bond donors (Lipinski definition) is 2. The predicted molar refractivity (Wildman–Crippen MR) is 153 cm³/mol. The quantitative estimate of drug-likeness (QED) is 0.220. The molecule has 0 aromatic heterocycles. The summed E-state index contributed by atoms with van der Waals surface area (Å²) in [6.07, 6.45) is 6.90. The number of unbranched alkanes of at least 4 members (excludes halogenated alkanes) is 2. The van der Waals surface area contributed by atoms with Crippen molar-refractivity contribution >= 4 is 21.5 Å². The molecule has 182 valence electrons. The van der Waals surface area contributed by atoms with E-state index in [1.807, 2.05) is 24.3 Å². The van der Waals surface area contributed by atoms with E-state index in [-0.39, 0.29) is 11.5 Å². The monoisotopic (exact) mass is 474 g/mol. The van der Waals surface area contributed by atoms with Gasteiger partial charge >= 0.3 is 0 Å². The van der Waals surface area contributed by atoms with Crippen molar-refractivity contribution in [2.75, 3.05) is 0 Å². The highest BCUT2D eigenvalue weighted by Gasteiger charge is 2.18. The van der Waals surface area contributed by atoms with Crippen LogP contribution in [0.25, 0.3) is 43.8 Å². The van der Waals surface area contributed by atoms with Gasteiger partial charge in [-0.2, -0.15) is 0 Å². The molecule has 2 nitrogen and oxygen atoms in total. The van der Waals surface area contributed by atoms with Gasteiger partial charge in [-0.05, 0) is 105 Å². The van der Waals surface area contributed by atoms with Crippen molar-refractivity contribution in [2.45, 2.75) is 52.4 Å². The number of phenols is 2. The Kier molecular flexibility index (Phi) is 6.95. The van der Waals surface area contributed by atoms with Crippen LogP contribution in [0.5, 0.6) is 11.5 Å². The Bertz CT molecular complexity index is 1380. The van der Waals surface area contributed by atoms with Gasteiger partial charge in [-0.1, -0.05) is 87.4 Å². The van der Waals surface area contributed by atoms with Crippen LogP contribution in [0.3, 0.4) is 0 Å². The predicted octanol–water partition coefficient (Wildman–Crippen LogP) is 9.42. The summed E-state index contributed by atoms with van der Waals surface area (Å²) in [5, 5.41) is 25.2. The van der Waals surface area contributed by atoms with Crippen LogP contribution in [0.1, 0.15) is 50.7 Å². The average molecular weight is 475 g/mol. The largest absolute Gasteiger partial charge is 0.508 e. The minimum Gasteiger partial charge on any atom is -0.508 e. The first-order chi connectivity index (χ1) is 17.6. The third-order valence-corrected chi connectivity index (χ3v) is 7.21. The minimum absolute atomic E-state index is 0.252. The van der Waals surface area contributed by atoms with Crippen molar-refractivity contribution < 1.29 is 10.2 Å². The number of aromatic hydroxyl groups is 2. The molecule has 2 N–H and O–H groups in total. The van der Waals surface area contributed by atoms with Gasteiger partial charge in [0.1, 0.15) is 11.5 Å². The highest BCUT2D eigenvalue weighted by Crippen LogP contribution is 2.45. The topological polar surface area (TPSA) is 40.5 Å². The molecule has 2 heteroatoms. The zero-order valence-electron chi connectivity index (χ0n) is 21.2. The van der Waals surface area contributed by atoms with Crippen molar-refractivity contribution in [3.63, 3.8) is 0 Å². The van der Waals surface area contributed by atoms with Gasteiger partial charge in [-0.3, -0.25) is 0 Å². The second kappa shape index (κ2) is 10.5. The highest BCUT2D eigenvalue weighted by atomic mass is 16.3. The number of hydrogen-bond acceptors (Lipinski definition) is 2. The molecule has 0 aliphatic heterocycles. The molecule has 0 spiro atoms. The van der Waals surface area contributed by atoms with E-state index in [0.717, 1.165) is 56.6 Å². The summed E-state index contributed by atoms with van der Waals surface area (Å²) >= 11 is 0. The molecular formula is C34H34O2. The van der Waals surface area contributed by atoms with Crippen LogP contribution in [0.15, 0.2) is 84.9 Å². The van der Waals surface area contributed by atoms with Gasteiger partial charge in [0.25, 0.3) is 0 Å². The van der Waals surface area contributed by atoms with Crippen molar-refractivity contribution in [2.24, 2.45) is 0 Å². The molecule has 0 heterocycles. The molecule has 0 saturated heterocycles. The van der Waals surface area contributed by atoms with Gasteiger partial charge < -0.3 is 10.2 Å². The molecule has 0 unspecified atom stereocenters. The third kappa shape index (κ3) is 4.68. The third-order valence-electron chi connectivity index (χ3n) is 7.21. The zero-order valence-corrected chi connectivity index (χ0v) is 21.2. The van der Waals surface area contributed by atoms with Crippen LogP contribution in [-0.4, -0.2) is 10.2 Å².